The summed E-state index contributed by atoms with van der Waals surface area (Å²) in [7, 11) is 0. The van der Waals surface area contributed by atoms with E-state index >= 15 is 0 Å². The Labute approximate surface area is 120 Å². The lowest BCUT2D eigenvalue weighted by Gasteiger charge is -2.26. The zero-order valence-electron chi connectivity index (χ0n) is 10.8. The minimum Gasteiger partial charge on any atom is -0.211 e. The molecule has 0 bridgehead atoms. The Morgan fingerprint density at radius 2 is 1.62 bits per heavy atom. The van der Waals surface area contributed by atoms with Crippen molar-refractivity contribution in [3.63, 3.8) is 0 Å². The van der Waals surface area contributed by atoms with Gasteiger partial charge in [-0.1, -0.05) is 30.4 Å². The largest absolute Gasteiger partial charge is 0.240 e. The Morgan fingerprint density at radius 1 is 0.952 bits per heavy atom. The van der Waals surface area contributed by atoms with E-state index in [-0.39, 0.29) is 6.42 Å². The molecule has 1 aromatic rings. The van der Waals surface area contributed by atoms with Crippen molar-refractivity contribution in [2.24, 2.45) is 15.0 Å². The number of aliphatic imine (C=N–C) groups is 3. The van der Waals surface area contributed by atoms with Crippen LogP contribution in [0.4, 0.5) is 5.69 Å². The minimum absolute atomic E-state index is 0.261. The zero-order chi connectivity index (χ0) is 15.1. The first-order valence-electron chi connectivity index (χ1n) is 5.99. The first-order chi connectivity index (χ1) is 10.3. The van der Waals surface area contributed by atoms with Crippen LogP contribution in [0.2, 0.25) is 0 Å². The van der Waals surface area contributed by atoms with Crippen molar-refractivity contribution in [2.75, 3.05) is 0 Å². The van der Waals surface area contributed by atoms with Crippen molar-refractivity contribution in [1.29, 1.82) is 0 Å². The smallest absolute Gasteiger partial charge is 0.211 e. The molecule has 0 saturated heterocycles. The maximum atomic E-state index is 10.7. The molecule has 0 heterocycles. The van der Waals surface area contributed by atoms with Crippen molar-refractivity contribution >= 4 is 29.5 Å². The molecule has 102 valence electrons. The first kappa shape index (κ1) is 14.3. The van der Waals surface area contributed by atoms with Gasteiger partial charge in [0.25, 0.3) is 0 Å². The molecule has 6 nitrogen and oxygen atoms in total. The van der Waals surface area contributed by atoms with Crippen molar-refractivity contribution in [1.82, 2.24) is 0 Å². The van der Waals surface area contributed by atoms with Gasteiger partial charge in [0.1, 0.15) is 0 Å². The highest BCUT2D eigenvalue weighted by Gasteiger charge is 2.35. The molecule has 0 unspecified atom stereocenters. The van der Waals surface area contributed by atoms with Crippen LogP contribution in [0.1, 0.15) is 12.0 Å². The van der Waals surface area contributed by atoms with Gasteiger partial charge in [0.15, 0.2) is 0 Å². The van der Waals surface area contributed by atoms with E-state index in [1.165, 1.54) is 18.2 Å². The van der Waals surface area contributed by atoms with E-state index in [0.717, 1.165) is 0 Å². The van der Waals surface area contributed by atoms with Crippen LogP contribution >= 0.6 is 0 Å². The van der Waals surface area contributed by atoms with Crippen LogP contribution in [0.25, 0.3) is 5.57 Å². The van der Waals surface area contributed by atoms with Crippen molar-refractivity contribution in [3.8, 4) is 0 Å². The third-order valence-electron chi connectivity index (χ3n) is 3.05. The summed E-state index contributed by atoms with van der Waals surface area (Å²) in [5, 5.41) is 0. The summed E-state index contributed by atoms with van der Waals surface area (Å²) in [6.45, 7) is 0. The number of rotatable bonds is 4. The maximum Gasteiger partial charge on any atom is 0.240 e. The van der Waals surface area contributed by atoms with Gasteiger partial charge in [0, 0.05) is 12.0 Å². The molecule has 0 saturated carbocycles. The van der Waals surface area contributed by atoms with Gasteiger partial charge in [-0.3, -0.25) is 0 Å². The molecule has 1 aliphatic rings. The summed E-state index contributed by atoms with van der Waals surface area (Å²) < 4.78 is 0. The topological polar surface area (TPSA) is 88.3 Å². The van der Waals surface area contributed by atoms with Crippen LogP contribution < -0.4 is 0 Å². The highest BCUT2D eigenvalue weighted by atomic mass is 16.1. The Balaban J connectivity index is 2.54. The van der Waals surface area contributed by atoms with Crippen LogP contribution in [-0.2, 0) is 14.4 Å². The SMILES string of the molecule is O=C=Nc1ccc(C2=CC=CCC2(N=C=O)N=C=O)cc1. The second kappa shape index (κ2) is 6.33. The molecule has 0 N–H and O–H groups in total. The predicted molar refractivity (Wildman–Crippen MR) is 74.9 cm³/mol. The van der Waals surface area contributed by atoms with E-state index in [0.29, 0.717) is 16.8 Å². The third-order valence-corrected chi connectivity index (χ3v) is 3.05. The molecule has 0 aliphatic heterocycles. The average Bonchev–Trinajstić information content (AvgIpc) is 2.50. The maximum absolute atomic E-state index is 10.7. The number of carbonyl (C=O) groups excluding carboxylic acids is 3. The monoisotopic (exact) mass is 279 g/mol. The highest BCUT2D eigenvalue weighted by molar-refractivity contribution is 5.78. The normalized spacial score (nSPS) is 19.5. The van der Waals surface area contributed by atoms with Gasteiger partial charge < -0.3 is 0 Å². The van der Waals surface area contributed by atoms with Gasteiger partial charge >= 0.3 is 0 Å². The minimum atomic E-state index is -1.34. The Hall–Kier alpha value is -3.16. The number of hydrogen-bond donors (Lipinski definition) is 0. The second-order valence-corrected chi connectivity index (χ2v) is 4.19. The van der Waals surface area contributed by atoms with Crippen molar-refractivity contribution in [2.45, 2.75) is 12.1 Å². The van der Waals surface area contributed by atoms with Crippen LogP contribution in [0, 0.1) is 0 Å². The van der Waals surface area contributed by atoms with E-state index in [2.05, 4.69) is 15.0 Å². The lowest BCUT2D eigenvalue weighted by molar-refractivity contribution is 0.522. The summed E-state index contributed by atoms with van der Waals surface area (Å²) in [6.07, 6.45) is 9.86. The van der Waals surface area contributed by atoms with Gasteiger partial charge in [0.2, 0.25) is 23.9 Å². The van der Waals surface area contributed by atoms with Gasteiger partial charge in [0.05, 0.1) is 5.69 Å². The molecule has 6 heteroatoms. The molecule has 0 spiro atoms. The molecule has 0 amide bonds. The van der Waals surface area contributed by atoms with Crippen LogP contribution in [0.15, 0.2) is 57.5 Å². The number of hydrogen-bond acceptors (Lipinski definition) is 6. The second-order valence-electron chi connectivity index (χ2n) is 4.19. The molecule has 0 fully saturated rings. The Kier molecular flexibility index (Phi) is 4.30. The van der Waals surface area contributed by atoms with Gasteiger partial charge in [-0.2, -0.15) is 15.0 Å². The van der Waals surface area contributed by atoms with E-state index in [1.54, 1.807) is 42.5 Å². The number of nitrogens with zero attached hydrogens (tertiary/aromatic N) is 3. The molecule has 2 rings (SSSR count). The standard InChI is InChI=1S/C15H9N3O3/c19-9-16-13-6-4-12(5-7-13)14-3-1-2-8-15(14,17-10-20)18-11-21/h1-7H,8H2. The fourth-order valence-corrected chi connectivity index (χ4v) is 2.12. The van der Waals surface area contributed by atoms with Crippen molar-refractivity contribution in [3.05, 3.63) is 48.1 Å². The summed E-state index contributed by atoms with van der Waals surface area (Å²) in [5.74, 6) is 0. The van der Waals surface area contributed by atoms with Crippen LogP contribution in [-0.4, -0.2) is 23.9 Å². The number of isocyanates is 3. The number of allylic oxidation sites excluding steroid dienone is 2. The van der Waals surface area contributed by atoms with Crippen molar-refractivity contribution < 1.29 is 14.4 Å². The molecule has 0 radical (unpaired) electrons. The molecular formula is C15H9N3O3. The quantitative estimate of drug-likeness (QED) is 0.626. The van der Waals surface area contributed by atoms with E-state index in [9.17, 15) is 14.4 Å². The summed E-state index contributed by atoms with van der Waals surface area (Å²) in [5.41, 5.74) is 0.373. The van der Waals surface area contributed by atoms with Gasteiger partial charge in [-0.25, -0.2) is 14.4 Å². The fourth-order valence-electron chi connectivity index (χ4n) is 2.12. The Morgan fingerprint density at radius 3 is 2.19 bits per heavy atom. The van der Waals surface area contributed by atoms with Gasteiger partial charge in [-0.05, 0) is 17.7 Å². The number of benzene rings is 1. The summed E-state index contributed by atoms with van der Waals surface area (Å²) >= 11 is 0. The highest BCUT2D eigenvalue weighted by Crippen LogP contribution is 2.38. The molecule has 0 aromatic heterocycles. The molecule has 21 heavy (non-hydrogen) atoms. The average molecular weight is 279 g/mol. The van der Waals surface area contributed by atoms with E-state index < -0.39 is 5.66 Å². The van der Waals surface area contributed by atoms with Gasteiger partial charge in [-0.15, -0.1) is 0 Å². The predicted octanol–water partition coefficient (Wildman–Crippen LogP) is 2.37. The summed E-state index contributed by atoms with van der Waals surface area (Å²) in [4.78, 5) is 42.4. The molecular weight excluding hydrogens is 270 g/mol. The van der Waals surface area contributed by atoms with E-state index in [1.807, 2.05) is 0 Å². The fraction of sp³-hybridized carbons (Fsp3) is 0.133. The summed E-state index contributed by atoms with van der Waals surface area (Å²) in [6, 6.07) is 6.60. The van der Waals surface area contributed by atoms with E-state index in [4.69, 9.17) is 0 Å². The zero-order valence-corrected chi connectivity index (χ0v) is 10.8. The molecule has 1 aromatic carbocycles. The molecule has 0 atom stereocenters. The molecule has 1 aliphatic carbocycles. The lowest BCUT2D eigenvalue weighted by atomic mass is 9.87. The third kappa shape index (κ3) is 2.89. The first-order valence-corrected chi connectivity index (χ1v) is 5.99. The Bertz CT molecular complexity index is 725. The van der Waals surface area contributed by atoms with Crippen LogP contribution in [0.3, 0.4) is 0 Å². The van der Waals surface area contributed by atoms with Crippen LogP contribution in [0.5, 0.6) is 0 Å². The lowest BCUT2D eigenvalue weighted by Crippen LogP contribution is -2.26.